The van der Waals surface area contributed by atoms with Gasteiger partial charge in [-0.05, 0) is 12.8 Å². The van der Waals surface area contributed by atoms with Gasteiger partial charge in [-0.2, -0.15) is 0 Å². The molecule has 0 saturated carbocycles. The minimum atomic E-state index is -0.241. The summed E-state index contributed by atoms with van der Waals surface area (Å²) < 4.78 is 5.20. The zero-order valence-electron chi connectivity index (χ0n) is 7.21. The van der Waals surface area contributed by atoms with E-state index < -0.39 is 0 Å². The highest BCUT2D eigenvalue weighted by molar-refractivity contribution is 5.73. The Morgan fingerprint density at radius 3 is 2.75 bits per heavy atom. The van der Waals surface area contributed by atoms with Gasteiger partial charge in [0.15, 0.2) is 0 Å². The van der Waals surface area contributed by atoms with Crippen molar-refractivity contribution in [1.29, 1.82) is 0 Å². The van der Waals surface area contributed by atoms with E-state index in [0.717, 1.165) is 26.1 Å². The van der Waals surface area contributed by atoms with Crippen LogP contribution in [0.5, 0.6) is 0 Å². The standard InChI is InChI=1S/C8H16N2O2/c9-8(11)1-4-10-7-2-5-12-6-3-7/h7,10H,1-6H2,(H2,9,11). The molecule has 1 rings (SSSR count). The van der Waals surface area contributed by atoms with Crippen molar-refractivity contribution in [1.82, 2.24) is 5.32 Å². The van der Waals surface area contributed by atoms with E-state index >= 15 is 0 Å². The largest absolute Gasteiger partial charge is 0.381 e. The molecule has 0 aromatic carbocycles. The van der Waals surface area contributed by atoms with Crippen molar-refractivity contribution in [2.75, 3.05) is 19.8 Å². The van der Waals surface area contributed by atoms with Crippen LogP contribution < -0.4 is 11.1 Å². The average Bonchev–Trinajstić information content (AvgIpc) is 2.05. The highest BCUT2D eigenvalue weighted by atomic mass is 16.5. The maximum atomic E-state index is 10.4. The van der Waals surface area contributed by atoms with Crippen LogP contribution >= 0.6 is 0 Å². The summed E-state index contributed by atoms with van der Waals surface area (Å²) in [5, 5.41) is 3.27. The van der Waals surface area contributed by atoms with Gasteiger partial charge < -0.3 is 15.8 Å². The molecule has 1 amide bonds. The Hall–Kier alpha value is -0.610. The van der Waals surface area contributed by atoms with Crippen molar-refractivity contribution in [3.8, 4) is 0 Å². The Labute approximate surface area is 72.5 Å². The fourth-order valence-electron chi connectivity index (χ4n) is 1.30. The maximum Gasteiger partial charge on any atom is 0.218 e. The number of ether oxygens (including phenoxy) is 1. The molecule has 70 valence electrons. The molecule has 1 heterocycles. The van der Waals surface area contributed by atoms with Gasteiger partial charge >= 0.3 is 0 Å². The van der Waals surface area contributed by atoms with Gasteiger partial charge in [0.05, 0.1) is 0 Å². The smallest absolute Gasteiger partial charge is 0.218 e. The number of amides is 1. The monoisotopic (exact) mass is 172 g/mol. The topological polar surface area (TPSA) is 64.4 Å². The van der Waals surface area contributed by atoms with Gasteiger partial charge in [-0.3, -0.25) is 4.79 Å². The van der Waals surface area contributed by atoms with Gasteiger partial charge in [0.2, 0.25) is 5.91 Å². The van der Waals surface area contributed by atoms with Crippen molar-refractivity contribution < 1.29 is 9.53 Å². The lowest BCUT2D eigenvalue weighted by molar-refractivity contribution is -0.117. The fraction of sp³-hybridized carbons (Fsp3) is 0.875. The summed E-state index contributed by atoms with van der Waals surface area (Å²) in [5.41, 5.74) is 5.00. The summed E-state index contributed by atoms with van der Waals surface area (Å²) in [7, 11) is 0. The Balaban J connectivity index is 2.01. The second-order valence-electron chi connectivity index (χ2n) is 3.06. The summed E-state index contributed by atoms with van der Waals surface area (Å²) in [5.74, 6) is -0.241. The lowest BCUT2D eigenvalue weighted by Gasteiger charge is -2.22. The maximum absolute atomic E-state index is 10.4. The molecule has 0 aromatic heterocycles. The zero-order valence-corrected chi connectivity index (χ0v) is 7.21. The molecule has 0 bridgehead atoms. The third-order valence-electron chi connectivity index (χ3n) is 2.03. The molecule has 0 aromatic rings. The number of nitrogens with one attached hydrogen (secondary N) is 1. The fourth-order valence-corrected chi connectivity index (χ4v) is 1.30. The number of hydrogen-bond donors (Lipinski definition) is 2. The molecule has 1 aliphatic rings. The van der Waals surface area contributed by atoms with Crippen LogP contribution in [-0.4, -0.2) is 31.7 Å². The van der Waals surface area contributed by atoms with Crippen LogP contribution in [0.2, 0.25) is 0 Å². The lowest BCUT2D eigenvalue weighted by atomic mass is 10.1. The van der Waals surface area contributed by atoms with Crippen LogP contribution in [0.3, 0.4) is 0 Å². The average molecular weight is 172 g/mol. The first kappa shape index (κ1) is 9.48. The molecule has 0 aliphatic carbocycles. The van der Waals surface area contributed by atoms with Crippen molar-refractivity contribution in [2.45, 2.75) is 25.3 Å². The number of nitrogens with two attached hydrogens (primary N) is 1. The second kappa shape index (κ2) is 5.11. The van der Waals surface area contributed by atoms with E-state index in [1.54, 1.807) is 0 Å². The van der Waals surface area contributed by atoms with E-state index in [1.165, 1.54) is 0 Å². The highest BCUT2D eigenvalue weighted by Gasteiger charge is 2.12. The molecule has 1 aliphatic heterocycles. The molecule has 0 spiro atoms. The van der Waals surface area contributed by atoms with Crippen LogP contribution in [0, 0.1) is 0 Å². The predicted octanol–water partition coefficient (Wildman–Crippen LogP) is -0.370. The third-order valence-corrected chi connectivity index (χ3v) is 2.03. The minimum Gasteiger partial charge on any atom is -0.381 e. The van der Waals surface area contributed by atoms with Gasteiger partial charge in [-0.25, -0.2) is 0 Å². The molecule has 3 N–H and O–H groups in total. The number of primary amides is 1. The van der Waals surface area contributed by atoms with Crippen molar-refractivity contribution in [3.05, 3.63) is 0 Å². The molecule has 4 heteroatoms. The predicted molar refractivity (Wildman–Crippen MR) is 45.7 cm³/mol. The Morgan fingerprint density at radius 2 is 2.17 bits per heavy atom. The minimum absolute atomic E-state index is 0.241. The quantitative estimate of drug-likeness (QED) is 0.608. The van der Waals surface area contributed by atoms with Crippen LogP contribution in [0.1, 0.15) is 19.3 Å². The molecule has 1 saturated heterocycles. The molecule has 12 heavy (non-hydrogen) atoms. The van der Waals surface area contributed by atoms with Crippen LogP contribution in [0.15, 0.2) is 0 Å². The molecule has 4 nitrogen and oxygen atoms in total. The van der Waals surface area contributed by atoms with Gasteiger partial charge in [0, 0.05) is 32.2 Å². The van der Waals surface area contributed by atoms with E-state index in [9.17, 15) is 4.79 Å². The van der Waals surface area contributed by atoms with E-state index in [-0.39, 0.29) is 5.91 Å². The van der Waals surface area contributed by atoms with Crippen LogP contribution in [0.25, 0.3) is 0 Å². The van der Waals surface area contributed by atoms with Gasteiger partial charge in [-0.15, -0.1) is 0 Å². The van der Waals surface area contributed by atoms with Gasteiger partial charge in [-0.1, -0.05) is 0 Å². The Morgan fingerprint density at radius 1 is 1.50 bits per heavy atom. The SMILES string of the molecule is NC(=O)CCNC1CCOCC1. The first-order valence-corrected chi connectivity index (χ1v) is 4.38. The molecule has 0 atom stereocenters. The second-order valence-corrected chi connectivity index (χ2v) is 3.06. The zero-order chi connectivity index (χ0) is 8.81. The first-order valence-electron chi connectivity index (χ1n) is 4.38. The molecular weight excluding hydrogens is 156 g/mol. The van der Waals surface area contributed by atoms with Crippen LogP contribution in [-0.2, 0) is 9.53 Å². The summed E-state index contributed by atoms with van der Waals surface area (Å²) in [6, 6.07) is 0.512. The van der Waals surface area contributed by atoms with Crippen LogP contribution in [0.4, 0.5) is 0 Å². The van der Waals surface area contributed by atoms with Gasteiger partial charge in [0.1, 0.15) is 0 Å². The molecule has 0 radical (unpaired) electrons. The van der Waals surface area contributed by atoms with E-state index in [0.29, 0.717) is 19.0 Å². The van der Waals surface area contributed by atoms with E-state index in [2.05, 4.69) is 5.32 Å². The normalized spacial score (nSPS) is 19.3. The third kappa shape index (κ3) is 3.69. The Kier molecular flexibility index (Phi) is 4.04. The lowest BCUT2D eigenvalue weighted by Crippen LogP contribution is -2.36. The number of carbonyl (C=O) groups is 1. The van der Waals surface area contributed by atoms with E-state index in [4.69, 9.17) is 10.5 Å². The summed E-state index contributed by atoms with van der Waals surface area (Å²) in [6.45, 7) is 2.35. The molecular formula is C8H16N2O2. The van der Waals surface area contributed by atoms with E-state index in [1.807, 2.05) is 0 Å². The summed E-state index contributed by atoms with van der Waals surface area (Å²) in [6.07, 6.45) is 2.51. The molecule has 0 unspecified atom stereocenters. The summed E-state index contributed by atoms with van der Waals surface area (Å²) in [4.78, 5) is 10.4. The molecule has 1 fully saturated rings. The highest BCUT2D eigenvalue weighted by Crippen LogP contribution is 2.05. The number of hydrogen-bond acceptors (Lipinski definition) is 3. The summed E-state index contributed by atoms with van der Waals surface area (Å²) >= 11 is 0. The van der Waals surface area contributed by atoms with Gasteiger partial charge in [0.25, 0.3) is 0 Å². The Bertz CT molecular complexity index is 144. The van der Waals surface area contributed by atoms with Crippen molar-refractivity contribution in [2.24, 2.45) is 5.73 Å². The number of rotatable bonds is 4. The van der Waals surface area contributed by atoms with Crippen molar-refractivity contribution in [3.63, 3.8) is 0 Å². The first-order chi connectivity index (χ1) is 5.79. The number of carbonyl (C=O) groups excluding carboxylic acids is 1. The van der Waals surface area contributed by atoms with Crippen molar-refractivity contribution >= 4 is 5.91 Å².